The standard InChI is InChI=1S/C22H26N2OS/c1-26-23-17-10-7-13-24(15-17)22(25)21-14-20(21)19-12-6-5-11-18(19)16-8-3-2-4-9-16/h2-6,8-9,11-12,17,20-21,23H,7,10,13-15H2,1H3. The topological polar surface area (TPSA) is 32.3 Å². The molecule has 0 bridgehead atoms. The molecule has 3 unspecified atom stereocenters. The monoisotopic (exact) mass is 366 g/mol. The molecule has 2 aliphatic rings. The summed E-state index contributed by atoms with van der Waals surface area (Å²) in [4.78, 5) is 15.1. The molecule has 4 rings (SSSR count). The maximum Gasteiger partial charge on any atom is 0.226 e. The number of piperidine rings is 1. The molecule has 0 aromatic heterocycles. The number of benzene rings is 2. The van der Waals surface area contributed by atoms with Gasteiger partial charge in [0.2, 0.25) is 5.91 Å². The number of carbonyl (C=O) groups excluding carboxylic acids is 1. The molecule has 2 aromatic rings. The molecule has 0 radical (unpaired) electrons. The fraction of sp³-hybridized carbons (Fsp3) is 0.409. The maximum atomic E-state index is 13.0. The van der Waals surface area contributed by atoms with Crippen LogP contribution in [0, 0.1) is 5.92 Å². The predicted octanol–water partition coefficient (Wildman–Crippen LogP) is 4.32. The Morgan fingerprint density at radius 1 is 1.12 bits per heavy atom. The van der Waals surface area contributed by atoms with Crippen molar-refractivity contribution in [3.8, 4) is 11.1 Å². The smallest absolute Gasteiger partial charge is 0.226 e. The normalized spacial score (nSPS) is 25.1. The number of nitrogens with zero attached hydrogens (tertiary/aromatic N) is 1. The molecule has 0 spiro atoms. The van der Waals surface area contributed by atoms with E-state index in [1.807, 2.05) is 6.07 Å². The minimum absolute atomic E-state index is 0.160. The van der Waals surface area contributed by atoms with E-state index in [1.165, 1.54) is 16.7 Å². The largest absolute Gasteiger partial charge is 0.341 e. The molecule has 1 aliphatic heterocycles. The molecule has 1 saturated carbocycles. The lowest BCUT2D eigenvalue weighted by molar-refractivity contribution is -0.133. The molecule has 3 nitrogen and oxygen atoms in total. The summed E-state index contributed by atoms with van der Waals surface area (Å²) in [6.45, 7) is 1.76. The number of hydrogen-bond donors (Lipinski definition) is 1. The highest BCUT2D eigenvalue weighted by molar-refractivity contribution is 7.96. The first kappa shape index (κ1) is 17.6. The Bertz CT molecular complexity index is 762. The lowest BCUT2D eigenvalue weighted by Crippen LogP contribution is -2.46. The van der Waals surface area contributed by atoms with Crippen molar-refractivity contribution < 1.29 is 4.79 Å². The Morgan fingerprint density at radius 3 is 2.69 bits per heavy atom. The molecular weight excluding hydrogens is 340 g/mol. The van der Waals surface area contributed by atoms with E-state index in [1.54, 1.807) is 11.9 Å². The van der Waals surface area contributed by atoms with Crippen molar-refractivity contribution in [2.24, 2.45) is 5.92 Å². The average Bonchev–Trinajstić information content (AvgIpc) is 3.49. The molecule has 1 amide bonds. The van der Waals surface area contributed by atoms with Crippen LogP contribution >= 0.6 is 11.9 Å². The summed E-state index contributed by atoms with van der Waals surface area (Å²) >= 11 is 1.65. The van der Waals surface area contributed by atoms with Gasteiger partial charge in [0.05, 0.1) is 0 Å². The van der Waals surface area contributed by atoms with Gasteiger partial charge in [-0.15, -0.1) is 0 Å². The third-order valence-corrected chi connectivity index (χ3v) is 6.14. The summed E-state index contributed by atoms with van der Waals surface area (Å²) in [5, 5.41) is 0. The van der Waals surface area contributed by atoms with Crippen molar-refractivity contribution in [2.75, 3.05) is 19.3 Å². The maximum absolute atomic E-state index is 13.0. The summed E-state index contributed by atoms with van der Waals surface area (Å²) in [6, 6.07) is 19.5. The van der Waals surface area contributed by atoms with Gasteiger partial charge >= 0.3 is 0 Å². The van der Waals surface area contributed by atoms with E-state index in [2.05, 4.69) is 64.4 Å². The van der Waals surface area contributed by atoms with Gasteiger partial charge in [-0.3, -0.25) is 9.52 Å². The van der Waals surface area contributed by atoms with Crippen molar-refractivity contribution in [3.05, 3.63) is 60.2 Å². The first-order chi connectivity index (χ1) is 12.8. The third kappa shape index (κ3) is 3.67. The van der Waals surface area contributed by atoms with Crippen LogP contribution in [0.25, 0.3) is 11.1 Å². The van der Waals surface area contributed by atoms with Crippen molar-refractivity contribution in [1.29, 1.82) is 0 Å². The van der Waals surface area contributed by atoms with E-state index in [0.717, 1.165) is 32.4 Å². The molecule has 26 heavy (non-hydrogen) atoms. The fourth-order valence-electron chi connectivity index (χ4n) is 4.19. The van der Waals surface area contributed by atoms with Gasteiger partial charge in [0.1, 0.15) is 0 Å². The number of nitrogens with one attached hydrogen (secondary N) is 1. The number of carbonyl (C=O) groups is 1. The molecule has 3 atom stereocenters. The fourth-order valence-corrected chi connectivity index (χ4v) is 4.71. The molecule has 1 N–H and O–H groups in total. The summed E-state index contributed by atoms with van der Waals surface area (Å²) in [7, 11) is 0. The number of likely N-dealkylation sites (tertiary alicyclic amines) is 1. The van der Waals surface area contributed by atoms with E-state index in [-0.39, 0.29) is 5.92 Å². The summed E-state index contributed by atoms with van der Waals surface area (Å²) in [5.74, 6) is 0.881. The summed E-state index contributed by atoms with van der Waals surface area (Å²) in [6.07, 6.45) is 5.30. The molecule has 4 heteroatoms. The van der Waals surface area contributed by atoms with Crippen LogP contribution in [0.4, 0.5) is 0 Å². The lowest BCUT2D eigenvalue weighted by Gasteiger charge is -2.33. The Hall–Kier alpha value is -1.78. The molecule has 1 heterocycles. The molecule has 1 saturated heterocycles. The van der Waals surface area contributed by atoms with Gasteiger partial charge in [0.25, 0.3) is 0 Å². The van der Waals surface area contributed by atoms with E-state index in [4.69, 9.17) is 0 Å². The second-order valence-corrected chi connectivity index (χ2v) is 7.99. The zero-order valence-corrected chi connectivity index (χ0v) is 16.0. The minimum Gasteiger partial charge on any atom is -0.341 e. The Balaban J connectivity index is 1.48. The predicted molar refractivity (Wildman–Crippen MR) is 109 cm³/mol. The highest BCUT2D eigenvalue weighted by Gasteiger charge is 2.47. The van der Waals surface area contributed by atoms with Gasteiger partial charge in [-0.2, -0.15) is 0 Å². The van der Waals surface area contributed by atoms with Gasteiger partial charge in [-0.25, -0.2) is 0 Å². The van der Waals surface area contributed by atoms with Crippen molar-refractivity contribution >= 4 is 17.9 Å². The lowest BCUT2D eigenvalue weighted by atomic mass is 9.95. The minimum atomic E-state index is 0.160. The van der Waals surface area contributed by atoms with Crippen LogP contribution < -0.4 is 4.72 Å². The van der Waals surface area contributed by atoms with Crippen LogP contribution in [0.15, 0.2) is 54.6 Å². The Labute approximate surface area is 160 Å². The third-order valence-electron chi connectivity index (χ3n) is 5.57. The van der Waals surface area contributed by atoms with Gasteiger partial charge in [0.15, 0.2) is 0 Å². The van der Waals surface area contributed by atoms with Gasteiger partial charge in [0, 0.05) is 25.0 Å². The van der Waals surface area contributed by atoms with E-state index in [9.17, 15) is 4.79 Å². The van der Waals surface area contributed by atoms with Gasteiger partial charge in [-0.1, -0.05) is 66.5 Å². The number of rotatable bonds is 5. The zero-order valence-electron chi connectivity index (χ0n) is 15.2. The summed E-state index contributed by atoms with van der Waals surface area (Å²) < 4.78 is 3.42. The summed E-state index contributed by atoms with van der Waals surface area (Å²) in [5.41, 5.74) is 3.84. The second kappa shape index (κ2) is 7.85. The highest BCUT2D eigenvalue weighted by Crippen LogP contribution is 2.51. The van der Waals surface area contributed by atoms with Crippen LogP contribution in [0.1, 0.15) is 30.7 Å². The number of amides is 1. The van der Waals surface area contributed by atoms with Crippen LogP contribution in [0.5, 0.6) is 0 Å². The molecule has 2 fully saturated rings. The molecule has 136 valence electrons. The molecular formula is C22H26N2OS. The van der Waals surface area contributed by atoms with Crippen LogP contribution in [-0.4, -0.2) is 36.2 Å². The first-order valence-electron chi connectivity index (χ1n) is 9.49. The highest BCUT2D eigenvalue weighted by atomic mass is 32.2. The quantitative estimate of drug-likeness (QED) is 0.800. The van der Waals surface area contributed by atoms with Gasteiger partial charge < -0.3 is 4.90 Å². The van der Waals surface area contributed by atoms with Crippen LogP contribution in [-0.2, 0) is 4.79 Å². The Kier molecular flexibility index (Phi) is 5.32. The van der Waals surface area contributed by atoms with Crippen LogP contribution in [0.3, 0.4) is 0 Å². The van der Waals surface area contributed by atoms with Crippen LogP contribution in [0.2, 0.25) is 0 Å². The van der Waals surface area contributed by atoms with Crippen molar-refractivity contribution in [1.82, 2.24) is 9.62 Å². The first-order valence-corrected chi connectivity index (χ1v) is 10.7. The van der Waals surface area contributed by atoms with E-state index >= 15 is 0 Å². The Morgan fingerprint density at radius 2 is 1.88 bits per heavy atom. The zero-order chi connectivity index (χ0) is 17.9. The SMILES string of the molecule is CSNC1CCCN(C(=O)C2CC2c2ccccc2-c2ccccc2)C1. The van der Waals surface area contributed by atoms with Crippen molar-refractivity contribution in [2.45, 2.75) is 31.2 Å². The molecule has 2 aromatic carbocycles. The van der Waals surface area contributed by atoms with Gasteiger partial charge in [-0.05, 0) is 48.1 Å². The van der Waals surface area contributed by atoms with E-state index in [0.29, 0.717) is 17.9 Å². The average molecular weight is 367 g/mol. The second-order valence-electron chi connectivity index (χ2n) is 7.35. The van der Waals surface area contributed by atoms with E-state index < -0.39 is 0 Å². The molecule has 1 aliphatic carbocycles. The van der Waals surface area contributed by atoms with Crippen molar-refractivity contribution in [3.63, 3.8) is 0 Å². The number of hydrogen-bond acceptors (Lipinski definition) is 3.